The number of hydrogen-bond acceptors (Lipinski definition) is 5. The monoisotopic (exact) mass is 354 g/mol. The molecule has 3 N–H and O–H groups in total. The number of ether oxygens (including phenoxy) is 2. The van der Waals surface area contributed by atoms with E-state index >= 15 is 0 Å². The molecule has 1 aromatic rings. The summed E-state index contributed by atoms with van der Waals surface area (Å²) in [5.74, 6) is -0.481. The van der Waals surface area contributed by atoms with Gasteiger partial charge < -0.3 is 14.8 Å². The van der Waals surface area contributed by atoms with Gasteiger partial charge in [-0.3, -0.25) is 4.79 Å². The number of carbonyl (C=O) groups is 1. The van der Waals surface area contributed by atoms with E-state index in [1.54, 1.807) is 12.1 Å². The van der Waals surface area contributed by atoms with Crippen LogP contribution in [0, 0.1) is 5.92 Å². The number of rotatable bonds is 4. The first-order valence-electron chi connectivity index (χ1n) is 8.05. The average Bonchev–Trinajstić information content (AvgIpc) is 3.01. The third kappa shape index (κ3) is 3.94. The predicted octanol–water partition coefficient (Wildman–Crippen LogP) is 0.883. The summed E-state index contributed by atoms with van der Waals surface area (Å²) in [5, 5.41) is 7.96. The molecule has 1 amide bonds. The standard InChI is InChI=1S/C16H22N2O5S/c17-24(20,21)14-3-1-12(2-4-14)11-18-15(19)13-5-7-16(8-6-13)22-9-10-23-16/h1-4,13H,5-11H2,(H,18,19)(H2,17,20,21). The lowest BCUT2D eigenvalue weighted by molar-refractivity contribution is -0.183. The molecule has 132 valence electrons. The van der Waals surface area contributed by atoms with Crippen LogP contribution >= 0.6 is 0 Å². The minimum absolute atomic E-state index is 0.0124. The predicted molar refractivity (Wildman–Crippen MR) is 86.3 cm³/mol. The Balaban J connectivity index is 1.49. The Hall–Kier alpha value is -1.48. The summed E-state index contributed by atoms with van der Waals surface area (Å²) < 4.78 is 33.8. The van der Waals surface area contributed by atoms with Crippen molar-refractivity contribution in [2.24, 2.45) is 11.1 Å². The van der Waals surface area contributed by atoms with Crippen LogP contribution in [0.2, 0.25) is 0 Å². The number of primary sulfonamides is 1. The van der Waals surface area contributed by atoms with Gasteiger partial charge in [0.25, 0.3) is 0 Å². The second-order valence-corrected chi connectivity index (χ2v) is 7.85. The zero-order chi connectivity index (χ0) is 17.2. The van der Waals surface area contributed by atoms with Crippen LogP contribution < -0.4 is 10.5 Å². The Kier molecular flexibility index (Phi) is 4.91. The van der Waals surface area contributed by atoms with Crippen molar-refractivity contribution in [3.8, 4) is 0 Å². The summed E-state index contributed by atoms with van der Waals surface area (Å²) in [6.07, 6.45) is 2.98. The molecule has 8 heteroatoms. The number of amides is 1. The molecule has 1 saturated carbocycles. The summed E-state index contributed by atoms with van der Waals surface area (Å²) in [5.41, 5.74) is 0.825. The molecular weight excluding hydrogens is 332 g/mol. The van der Waals surface area contributed by atoms with E-state index in [2.05, 4.69) is 5.32 Å². The van der Waals surface area contributed by atoms with Crippen molar-refractivity contribution >= 4 is 15.9 Å². The second-order valence-electron chi connectivity index (χ2n) is 6.29. The maximum atomic E-state index is 12.3. The molecular formula is C16H22N2O5S. The highest BCUT2D eigenvalue weighted by atomic mass is 32.2. The molecule has 0 atom stereocenters. The van der Waals surface area contributed by atoms with Crippen LogP contribution in [-0.2, 0) is 30.8 Å². The molecule has 7 nitrogen and oxygen atoms in total. The van der Waals surface area contributed by atoms with E-state index in [1.807, 2.05) is 0 Å². The van der Waals surface area contributed by atoms with Gasteiger partial charge in [-0.05, 0) is 30.5 Å². The first-order valence-corrected chi connectivity index (χ1v) is 9.60. The zero-order valence-electron chi connectivity index (χ0n) is 13.4. The van der Waals surface area contributed by atoms with E-state index in [-0.39, 0.29) is 16.7 Å². The summed E-state index contributed by atoms with van der Waals surface area (Å²) in [7, 11) is -3.69. The minimum atomic E-state index is -3.69. The largest absolute Gasteiger partial charge is 0.352 e. The summed E-state index contributed by atoms with van der Waals surface area (Å²) in [6.45, 7) is 1.62. The maximum absolute atomic E-state index is 12.3. The molecule has 0 radical (unpaired) electrons. The van der Waals surface area contributed by atoms with Crippen molar-refractivity contribution in [3.05, 3.63) is 29.8 Å². The molecule has 2 aliphatic rings. The lowest BCUT2D eigenvalue weighted by Crippen LogP contribution is -2.40. The van der Waals surface area contributed by atoms with Crippen molar-refractivity contribution in [2.75, 3.05) is 13.2 Å². The minimum Gasteiger partial charge on any atom is -0.352 e. The van der Waals surface area contributed by atoms with Crippen molar-refractivity contribution < 1.29 is 22.7 Å². The highest BCUT2D eigenvalue weighted by Crippen LogP contribution is 2.38. The average molecular weight is 354 g/mol. The highest BCUT2D eigenvalue weighted by molar-refractivity contribution is 7.89. The van der Waals surface area contributed by atoms with Crippen LogP contribution in [0.1, 0.15) is 31.2 Å². The molecule has 0 bridgehead atoms. The molecule has 1 aliphatic heterocycles. The fraction of sp³-hybridized carbons (Fsp3) is 0.562. The number of benzene rings is 1. The Morgan fingerprint density at radius 2 is 1.75 bits per heavy atom. The first kappa shape index (κ1) is 17.3. The Bertz CT molecular complexity index is 686. The van der Waals surface area contributed by atoms with Crippen LogP contribution in [0.4, 0.5) is 0 Å². The molecule has 1 spiro atoms. The molecule has 2 fully saturated rings. The number of carbonyl (C=O) groups excluding carboxylic acids is 1. The van der Waals surface area contributed by atoms with Gasteiger partial charge in [0, 0.05) is 25.3 Å². The smallest absolute Gasteiger partial charge is 0.238 e. The number of hydrogen-bond donors (Lipinski definition) is 2. The van der Waals surface area contributed by atoms with Gasteiger partial charge >= 0.3 is 0 Å². The van der Waals surface area contributed by atoms with Gasteiger partial charge in [-0.2, -0.15) is 0 Å². The Labute approximate surface area is 141 Å². The van der Waals surface area contributed by atoms with Gasteiger partial charge in [0.05, 0.1) is 18.1 Å². The van der Waals surface area contributed by atoms with Crippen molar-refractivity contribution in [2.45, 2.75) is 42.9 Å². The van der Waals surface area contributed by atoms with E-state index in [0.29, 0.717) is 19.8 Å². The Morgan fingerprint density at radius 3 is 2.29 bits per heavy atom. The number of sulfonamides is 1. The topological polar surface area (TPSA) is 108 Å². The van der Waals surface area contributed by atoms with E-state index in [0.717, 1.165) is 31.2 Å². The fourth-order valence-corrected chi connectivity index (χ4v) is 3.75. The van der Waals surface area contributed by atoms with Gasteiger partial charge in [0.1, 0.15) is 0 Å². The van der Waals surface area contributed by atoms with Crippen LogP contribution in [-0.4, -0.2) is 33.3 Å². The van der Waals surface area contributed by atoms with Crippen LogP contribution in [0.25, 0.3) is 0 Å². The number of nitrogens with two attached hydrogens (primary N) is 1. The third-order valence-corrected chi connectivity index (χ3v) is 5.58. The lowest BCUT2D eigenvalue weighted by atomic mass is 9.84. The lowest BCUT2D eigenvalue weighted by Gasteiger charge is -2.34. The quantitative estimate of drug-likeness (QED) is 0.835. The molecule has 3 rings (SSSR count). The number of nitrogens with one attached hydrogen (secondary N) is 1. The molecule has 0 aromatic heterocycles. The third-order valence-electron chi connectivity index (χ3n) is 4.65. The van der Waals surface area contributed by atoms with Crippen LogP contribution in [0.15, 0.2) is 29.2 Å². The van der Waals surface area contributed by atoms with Gasteiger partial charge in [-0.25, -0.2) is 13.6 Å². The summed E-state index contributed by atoms with van der Waals surface area (Å²) >= 11 is 0. The first-order chi connectivity index (χ1) is 11.4. The molecule has 1 heterocycles. The van der Waals surface area contributed by atoms with Gasteiger partial charge in [0.15, 0.2) is 5.79 Å². The Morgan fingerprint density at radius 1 is 1.17 bits per heavy atom. The second kappa shape index (κ2) is 6.79. The van der Waals surface area contributed by atoms with Crippen LogP contribution in [0.5, 0.6) is 0 Å². The highest BCUT2D eigenvalue weighted by Gasteiger charge is 2.41. The van der Waals surface area contributed by atoms with Crippen molar-refractivity contribution in [1.29, 1.82) is 0 Å². The van der Waals surface area contributed by atoms with E-state index < -0.39 is 15.8 Å². The molecule has 24 heavy (non-hydrogen) atoms. The molecule has 1 aliphatic carbocycles. The van der Waals surface area contributed by atoms with Gasteiger partial charge in [-0.1, -0.05) is 12.1 Å². The fourth-order valence-electron chi connectivity index (χ4n) is 3.24. The summed E-state index contributed by atoms with van der Waals surface area (Å²) in [4.78, 5) is 12.4. The SMILES string of the molecule is NS(=O)(=O)c1ccc(CNC(=O)C2CCC3(CC2)OCCO3)cc1. The normalized spacial score (nSPS) is 21.0. The van der Waals surface area contributed by atoms with E-state index in [9.17, 15) is 13.2 Å². The molecule has 1 saturated heterocycles. The molecule has 1 aromatic carbocycles. The maximum Gasteiger partial charge on any atom is 0.238 e. The van der Waals surface area contributed by atoms with Gasteiger partial charge in [-0.15, -0.1) is 0 Å². The van der Waals surface area contributed by atoms with Crippen molar-refractivity contribution in [1.82, 2.24) is 5.32 Å². The van der Waals surface area contributed by atoms with Crippen molar-refractivity contribution in [3.63, 3.8) is 0 Å². The molecule has 0 unspecified atom stereocenters. The zero-order valence-corrected chi connectivity index (χ0v) is 14.2. The van der Waals surface area contributed by atoms with Crippen LogP contribution in [0.3, 0.4) is 0 Å². The summed E-state index contributed by atoms with van der Waals surface area (Å²) in [6, 6.07) is 6.18. The van der Waals surface area contributed by atoms with E-state index in [4.69, 9.17) is 14.6 Å². The van der Waals surface area contributed by atoms with Gasteiger partial charge in [0.2, 0.25) is 15.9 Å². The van der Waals surface area contributed by atoms with E-state index in [1.165, 1.54) is 12.1 Å².